The lowest BCUT2D eigenvalue weighted by Gasteiger charge is -2.20. The van der Waals surface area contributed by atoms with Gasteiger partial charge >= 0.3 is 0 Å². The molecule has 2 atom stereocenters. The van der Waals surface area contributed by atoms with E-state index in [-0.39, 0.29) is 30.3 Å². The van der Waals surface area contributed by atoms with E-state index in [0.29, 0.717) is 0 Å². The predicted octanol–water partition coefficient (Wildman–Crippen LogP) is 3.32. The van der Waals surface area contributed by atoms with Gasteiger partial charge in [0.1, 0.15) is 0 Å². The SMILES string of the molecule is CC(=O)NC(CC(=O)NC(C)c1ccc(-n2ccnc2)cc1)c1ccccc1. The molecule has 1 heterocycles. The van der Waals surface area contributed by atoms with Gasteiger partial charge in [-0.2, -0.15) is 0 Å². The Hall–Kier alpha value is -3.41. The minimum absolute atomic E-state index is 0.117. The number of rotatable bonds is 7. The van der Waals surface area contributed by atoms with Crippen LogP contribution in [0.15, 0.2) is 73.3 Å². The summed E-state index contributed by atoms with van der Waals surface area (Å²) in [5, 5.41) is 5.87. The van der Waals surface area contributed by atoms with Gasteiger partial charge in [-0.3, -0.25) is 9.59 Å². The van der Waals surface area contributed by atoms with Gasteiger partial charge in [0, 0.05) is 25.0 Å². The van der Waals surface area contributed by atoms with E-state index in [1.807, 2.05) is 72.3 Å². The standard InChI is InChI=1S/C22H24N4O2/c1-16(18-8-10-20(11-9-18)26-13-12-23-15-26)24-22(28)14-21(25-17(2)27)19-6-4-3-5-7-19/h3-13,15-16,21H,14H2,1-2H3,(H,24,28)(H,25,27). The summed E-state index contributed by atoms with van der Waals surface area (Å²) in [5.41, 5.74) is 2.92. The number of aromatic nitrogens is 2. The molecule has 3 aromatic rings. The molecular formula is C22H24N4O2. The lowest BCUT2D eigenvalue weighted by molar-refractivity contribution is -0.123. The van der Waals surface area contributed by atoms with Crippen LogP contribution in [0, 0.1) is 0 Å². The third-order valence-electron chi connectivity index (χ3n) is 4.54. The third-order valence-corrected chi connectivity index (χ3v) is 4.54. The van der Waals surface area contributed by atoms with Crippen LogP contribution in [0.1, 0.15) is 43.5 Å². The first-order valence-corrected chi connectivity index (χ1v) is 9.22. The summed E-state index contributed by atoms with van der Waals surface area (Å²) in [7, 11) is 0. The maximum absolute atomic E-state index is 12.6. The molecule has 0 saturated carbocycles. The Kier molecular flexibility index (Phi) is 6.22. The fourth-order valence-corrected chi connectivity index (χ4v) is 3.10. The van der Waals surface area contributed by atoms with Crippen LogP contribution in [0.4, 0.5) is 0 Å². The number of nitrogens with one attached hydrogen (secondary N) is 2. The highest BCUT2D eigenvalue weighted by atomic mass is 16.2. The molecule has 0 fully saturated rings. The normalized spacial score (nSPS) is 12.8. The highest BCUT2D eigenvalue weighted by molar-refractivity contribution is 5.79. The van der Waals surface area contributed by atoms with Gasteiger partial charge < -0.3 is 15.2 Å². The smallest absolute Gasteiger partial charge is 0.222 e. The molecule has 144 valence electrons. The Morgan fingerprint density at radius 2 is 1.71 bits per heavy atom. The molecule has 3 rings (SSSR count). The first kappa shape index (κ1) is 19.4. The van der Waals surface area contributed by atoms with Gasteiger partial charge in [0.2, 0.25) is 11.8 Å². The maximum atomic E-state index is 12.6. The molecule has 28 heavy (non-hydrogen) atoms. The average Bonchev–Trinajstić information content (AvgIpc) is 3.22. The lowest BCUT2D eigenvalue weighted by atomic mass is 10.0. The molecule has 0 saturated heterocycles. The second-order valence-electron chi connectivity index (χ2n) is 6.72. The molecule has 6 heteroatoms. The Morgan fingerprint density at radius 1 is 1.00 bits per heavy atom. The van der Waals surface area contributed by atoms with Crippen molar-refractivity contribution in [1.29, 1.82) is 0 Å². The number of nitrogens with zero attached hydrogens (tertiary/aromatic N) is 2. The zero-order valence-corrected chi connectivity index (χ0v) is 16.0. The molecule has 2 aromatic carbocycles. The summed E-state index contributed by atoms with van der Waals surface area (Å²) in [6, 6.07) is 17.0. The average molecular weight is 376 g/mol. The van der Waals surface area contributed by atoms with Crippen molar-refractivity contribution in [3.63, 3.8) is 0 Å². The summed E-state index contributed by atoms with van der Waals surface area (Å²) in [6.45, 7) is 3.40. The number of carbonyl (C=O) groups excluding carboxylic acids is 2. The fourth-order valence-electron chi connectivity index (χ4n) is 3.10. The van der Waals surface area contributed by atoms with Crippen LogP contribution in [-0.2, 0) is 9.59 Å². The Balaban J connectivity index is 1.63. The molecule has 2 amide bonds. The summed E-state index contributed by atoms with van der Waals surface area (Å²) in [4.78, 5) is 28.1. The van der Waals surface area contributed by atoms with E-state index in [1.54, 1.807) is 12.5 Å². The fraction of sp³-hybridized carbons (Fsp3) is 0.227. The van der Waals surface area contributed by atoms with Gasteiger partial charge in [0.05, 0.1) is 24.8 Å². The molecule has 6 nitrogen and oxygen atoms in total. The van der Waals surface area contributed by atoms with Crippen molar-refractivity contribution in [3.05, 3.63) is 84.4 Å². The van der Waals surface area contributed by atoms with Gasteiger partial charge in [0.25, 0.3) is 0 Å². The number of hydrogen-bond donors (Lipinski definition) is 2. The largest absolute Gasteiger partial charge is 0.350 e. The van der Waals surface area contributed by atoms with Crippen LogP contribution in [0.3, 0.4) is 0 Å². The molecule has 0 bridgehead atoms. The Labute approximate surface area is 164 Å². The molecule has 0 aliphatic carbocycles. The third kappa shape index (κ3) is 5.07. The Bertz CT molecular complexity index is 905. The van der Waals surface area contributed by atoms with E-state index in [0.717, 1.165) is 16.8 Å². The number of imidazole rings is 1. The minimum atomic E-state index is -0.352. The van der Waals surface area contributed by atoms with Crippen LogP contribution in [0.5, 0.6) is 0 Å². The molecule has 2 N–H and O–H groups in total. The van der Waals surface area contributed by atoms with Crippen molar-refractivity contribution in [2.45, 2.75) is 32.4 Å². The van der Waals surface area contributed by atoms with Crippen LogP contribution < -0.4 is 10.6 Å². The van der Waals surface area contributed by atoms with Gasteiger partial charge in [-0.05, 0) is 30.2 Å². The van der Waals surface area contributed by atoms with E-state index in [4.69, 9.17) is 0 Å². The molecule has 1 aromatic heterocycles. The monoisotopic (exact) mass is 376 g/mol. The second kappa shape index (κ2) is 8.99. The lowest BCUT2D eigenvalue weighted by Crippen LogP contribution is -2.33. The molecule has 0 radical (unpaired) electrons. The van der Waals surface area contributed by atoms with Crippen LogP contribution in [0.25, 0.3) is 5.69 Å². The van der Waals surface area contributed by atoms with Gasteiger partial charge in [-0.1, -0.05) is 42.5 Å². The first-order chi connectivity index (χ1) is 13.5. The summed E-state index contributed by atoms with van der Waals surface area (Å²) >= 11 is 0. The first-order valence-electron chi connectivity index (χ1n) is 9.22. The van der Waals surface area contributed by atoms with E-state index in [2.05, 4.69) is 15.6 Å². The van der Waals surface area contributed by atoms with Crippen molar-refractivity contribution in [1.82, 2.24) is 20.2 Å². The van der Waals surface area contributed by atoms with Gasteiger partial charge in [-0.25, -0.2) is 4.98 Å². The van der Waals surface area contributed by atoms with E-state index < -0.39 is 0 Å². The van der Waals surface area contributed by atoms with Crippen molar-refractivity contribution >= 4 is 11.8 Å². The predicted molar refractivity (Wildman–Crippen MR) is 108 cm³/mol. The molecule has 0 aliphatic heterocycles. The van der Waals surface area contributed by atoms with Crippen molar-refractivity contribution in [3.8, 4) is 5.69 Å². The van der Waals surface area contributed by atoms with Crippen LogP contribution >= 0.6 is 0 Å². The number of hydrogen-bond acceptors (Lipinski definition) is 3. The molecular weight excluding hydrogens is 352 g/mol. The molecule has 2 unspecified atom stereocenters. The molecule has 0 spiro atoms. The van der Waals surface area contributed by atoms with Crippen molar-refractivity contribution in [2.24, 2.45) is 0 Å². The van der Waals surface area contributed by atoms with Gasteiger partial charge in [0.15, 0.2) is 0 Å². The van der Waals surface area contributed by atoms with E-state index >= 15 is 0 Å². The Morgan fingerprint density at radius 3 is 2.32 bits per heavy atom. The minimum Gasteiger partial charge on any atom is -0.350 e. The van der Waals surface area contributed by atoms with E-state index in [1.165, 1.54) is 6.92 Å². The zero-order chi connectivity index (χ0) is 19.9. The van der Waals surface area contributed by atoms with Crippen LogP contribution in [0.2, 0.25) is 0 Å². The summed E-state index contributed by atoms with van der Waals surface area (Å²) in [5.74, 6) is -0.279. The van der Waals surface area contributed by atoms with Crippen molar-refractivity contribution in [2.75, 3.05) is 0 Å². The molecule has 0 aliphatic rings. The topological polar surface area (TPSA) is 76.0 Å². The summed E-state index contributed by atoms with van der Waals surface area (Å²) in [6.07, 6.45) is 5.54. The van der Waals surface area contributed by atoms with Crippen LogP contribution in [-0.4, -0.2) is 21.4 Å². The quantitative estimate of drug-likeness (QED) is 0.664. The van der Waals surface area contributed by atoms with Gasteiger partial charge in [-0.15, -0.1) is 0 Å². The maximum Gasteiger partial charge on any atom is 0.222 e. The number of carbonyl (C=O) groups is 2. The number of amides is 2. The van der Waals surface area contributed by atoms with E-state index in [9.17, 15) is 9.59 Å². The highest BCUT2D eigenvalue weighted by Crippen LogP contribution is 2.19. The second-order valence-corrected chi connectivity index (χ2v) is 6.72. The number of benzene rings is 2. The highest BCUT2D eigenvalue weighted by Gasteiger charge is 2.18. The zero-order valence-electron chi connectivity index (χ0n) is 16.0. The van der Waals surface area contributed by atoms with Crippen molar-refractivity contribution < 1.29 is 9.59 Å². The summed E-state index contributed by atoms with van der Waals surface area (Å²) < 4.78 is 1.92.